The van der Waals surface area contributed by atoms with Crippen LogP contribution in [0, 0.1) is 5.82 Å². The van der Waals surface area contributed by atoms with Crippen molar-refractivity contribution in [3.8, 4) is 17.0 Å². The molecule has 5 rings (SSSR count). The zero-order chi connectivity index (χ0) is 25.1. The SMILES string of the molecule is O=C(Nc1ccc(-c2cc(C3CCCC3)n(C(=O)NCc3cccc(F)c3)n2)c(O)c1)c1ccno1. The highest BCUT2D eigenvalue weighted by molar-refractivity contribution is 6.02. The second kappa shape index (κ2) is 10.0. The number of hydrogen-bond acceptors (Lipinski definition) is 6. The molecule has 1 saturated carbocycles. The van der Waals surface area contributed by atoms with Gasteiger partial charge in [0.25, 0.3) is 5.91 Å². The molecule has 9 nitrogen and oxygen atoms in total. The van der Waals surface area contributed by atoms with E-state index >= 15 is 0 Å². The summed E-state index contributed by atoms with van der Waals surface area (Å²) in [5.41, 5.74) is 2.62. The number of benzene rings is 2. The second-order valence-corrected chi connectivity index (χ2v) is 8.70. The molecule has 2 aromatic heterocycles. The fourth-order valence-electron chi connectivity index (χ4n) is 4.45. The third kappa shape index (κ3) is 4.97. The number of phenolic OH excluding ortho intramolecular Hbond substituents is 1. The van der Waals surface area contributed by atoms with Gasteiger partial charge in [0.05, 0.1) is 17.6 Å². The molecule has 0 unspecified atom stereocenters. The van der Waals surface area contributed by atoms with Crippen molar-refractivity contribution in [2.75, 3.05) is 5.32 Å². The van der Waals surface area contributed by atoms with Crippen molar-refractivity contribution in [1.29, 1.82) is 0 Å². The molecule has 2 heterocycles. The van der Waals surface area contributed by atoms with Crippen molar-refractivity contribution in [3.05, 3.63) is 83.6 Å². The van der Waals surface area contributed by atoms with Crippen LogP contribution in [0.15, 0.2) is 65.3 Å². The first kappa shape index (κ1) is 23.3. The highest BCUT2D eigenvalue weighted by atomic mass is 19.1. The number of aromatic nitrogens is 3. The molecule has 1 aliphatic carbocycles. The van der Waals surface area contributed by atoms with E-state index in [4.69, 9.17) is 4.52 Å². The van der Waals surface area contributed by atoms with Gasteiger partial charge in [0, 0.05) is 35.8 Å². The summed E-state index contributed by atoms with van der Waals surface area (Å²) < 4.78 is 19.7. The summed E-state index contributed by atoms with van der Waals surface area (Å²) in [7, 11) is 0. The molecular weight excluding hydrogens is 465 g/mol. The number of amides is 2. The van der Waals surface area contributed by atoms with Gasteiger partial charge in [-0.3, -0.25) is 4.79 Å². The lowest BCUT2D eigenvalue weighted by Crippen LogP contribution is -2.30. The molecule has 3 N–H and O–H groups in total. The molecule has 2 amide bonds. The predicted octanol–water partition coefficient (Wildman–Crippen LogP) is 5.05. The average Bonchev–Trinajstić information content (AvgIpc) is 3.64. The first-order valence-electron chi connectivity index (χ1n) is 11.7. The monoisotopic (exact) mass is 489 g/mol. The Hall–Kier alpha value is -4.47. The second-order valence-electron chi connectivity index (χ2n) is 8.70. The van der Waals surface area contributed by atoms with Gasteiger partial charge in [-0.05, 0) is 48.7 Å². The highest BCUT2D eigenvalue weighted by Gasteiger charge is 2.26. The quantitative estimate of drug-likeness (QED) is 0.348. The standard InChI is InChI=1S/C26H24FN5O4/c27-18-7-3-4-16(12-18)15-28-26(35)32-22(17-5-1-2-6-17)14-21(31-32)20-9-8-19(13-23(20)33)30-25(34)24-10-11-29-36-24/h3-4,7-14,17,33H,1-2,5-6,15H2,(H,28,35)(H,30,34). The highest BCUT2D eigenvalue weighted by Crippen LogP contribution is 2.38. The molecule has 36 heavy (non-hydrogen) atoms. The van der Waals surface area contributed by atoms with Crippen LogP contribution < -0.4 is 10.6 Å². The topological polar surface area (TPSA) is 122 Å². The Labute approximate surface area is 205 Å². The minimum atomic E-state index is -0.498. The Morgan fingerprint density at radius 1 is 1.11 bits per heavy atom. The summed E-state index contributed by atoms with van der Waals surface area (Å²) in [6.45, 7) is 0.153. The minimum absolute atomic E-state index is 0.0442. The fraction of sp³-hybridized carbons (Fsp3) is 0.231. The Balaban J connectivity index is 1.39. The van der Waals surface area contributed by atoms with Crippen LogP contribution in [0.1, 0.15) is 53.4 Å². The van der Waals surface area contributed by atoms with Crippen molar-refractivity contribution in [2.45, 2.75) is 38.1 Å². The lowest BCUT2D eigenvalue weighted by atomic mass is 10.0. The van der Waals surface area contributed by atoms with Crippen LogP contribution in [0.3, 0.4) is 0 Å². The Kier molecular flexibility index (Phi) is 6.48. The first-order valence-corrected chi connectivity index (χ1v) is 11.7. The number of aromatic hydroxyl groups is 1. The molecule has 0 aliphatic heterocycles. The first-order chi connectivity index (χ1) is 17.5. The van der Waals surface area contributed by atoms with Gasteiger partial charge >= 0.3 is 6.03 Å². The van der Waals surface area contributed by atoms with E-state index in [2.05, 4.69) is 20.9 Å². The fourth-order valence-corrected chi connectivity index (χ4v) is 4.45. The van der Waals surface area contributed by atoms with Gasteiger partial charge < -0.3 is 20.3 Å². The van der Waals surface area contributed by atoms with Crippen molar-refractivity contribution < 1.29 is 23.6 Å². The van der Waals surface area contributed by atoms with E-state index in [1.54, 1.807) is 24.3 Å². The molecule has 0 atom stereocenters. The van der Waals surface area contributed by atoms with E-state index in [0.29, 0.717) is 22.5 Å². The lowest BCUT2D eigenvalue weighted by Gasteiger charge is -2.12. The summed E-state index contributed by atoms with van der Waals surface area (Å²) in [5, 5.41) is 24.1. The number of carbonyl (C=O) groups is 2. The summed E-state index contributed by atoms with van der Waals surface area (Å²) in [5.74, 6) is -0.752. The maximum Gasteiger partial charge on any atom is 0.342 e. The number of rotatable bonds is 6. The predicted molar refractivity (Wildman–Crippen MR) is 129 cm³/mol. The summed E-state index contributed by atoms with van der Waals surface area (Å²) in [4.78, 5) is 25.3. The van der Waals surface area contributed by atoms with Crippen molar-refractivity contribution in [2.24, 2.45) is 0 Å². The van der Waals surface area contributed by atoms with Crippen molar-refractivity contribution in [3.63, 3.8) is 0 Å². The molecule has 0 radical (unpaired) electrons. The van der Waals surface area contributed by atoms with Crippen molar-refractivity contribution in [1.82, 2.24) is 20.3 Å². The van der Waals surface area contributed by atoms with E-state index in [0.717, 1.165) is 31.4 Å². The van der Waals surface area contributed by atoms with Gasteiger partial charge in [-0.1, -0.05) is 30.1 Å². The minimum Gasteiger partial charge on any atom is -0.507 e. The molecule has 0 bridgehead atoms. The van der Waals surface area contributed by atoms with Gasteiger partial charge in [-0.25, -0.2) is 9.18 Å². The molecule has 0 spiro atoms. The molecule has 2 aromatic carbocycles. The van der Waals surface area contributed by atoms with Gasteiger partial charge in [0.15, 0.2) is 0 Å². The van der Waals surface area contributed by atoms with Gasteiger partial charge in [0.1, 0.15) is 11.6 Å². The number of phenols is 1. The molecule has 184 valence electrons. The molecule has 4 aromatic rings. The van der Waals surface area contributed by atoms with E-state index in [1.165, 1.54) is 35.1 Å². The number of carbonyl (C=O) groups excluding carboxylic acids is 2. The number of anilines is 1. The zero-order valence-electron chi connectivity index (χ0n) is 19.3. The van der Waals surface area contributed by atoms with E-state index in [9.17, 15) is 19.1 Å². The summed E-state index contributed by atoms with van der Waals surface area (Å²) in [6, 6.07) is 13.5. The molecular formula is C26H24FN5O4. The van der Waals surface area contributed by atoms with Gasteiger partial charge in [-0.2, -0.15) is 9.78 Å². The summed E-state index contributed by atoms with van der Waals surface area (Å²) in [6.07, 6.45) is 5.39. The van der Waals surface area contributed by atoms with Crippen LogP contribution in [0.2, 0.25) is 0 Å². The van der Waals surface area contributed by atoms with Gasteiger partial charge in [0.2, 0.25) is 5.76 Å². The number of nitrogens with zero attached hydrogens (tertiary/aromatic N) is 3. The van der Waals surface area contributed by atoms with E-state index < -0.39 is 11.9 Å². The van der Waals surface area contributed by atoms with Crippen LogP contribution in [-0.4, -0.2) is 32.0 Å². The maximum atomic E-state index is 13.5. The van der Waals surface area contributed by atoms with E-state index in [-0.39, 0.29) is 29.8 Å². The average molecular weight is 490 g/mol. The molecule has 10 heteroatoms. The summed E-state index contributed by atoms with van der Waals surface area (Å²) >= 11 is 0. The Morgan fingerprint density at radius 2 is 1.94 bits per heavy atom. The van der Waals surface area contributed by atoms with Crippen molar-refractivity contribution >= 4 is 17.6 Å². The Bertz CT molecular complexity index is 1390. The van der Waals surface area contributed by atoms with Crippen LogP contribution in [0.25, 0.3) is 11.3 Å². The third-order valence-corrected chi connectivity index (χ3v) is 6.23. The normalized spacial score (nSPS) is 13.6. The smallest absolute Gasteiger partial charge is 0.342 e. The van der Waals surface area contributed by atoms with Crippen LogP contribution in [0.4, 0.5) is 14.9 Å². The zero-order valence-corrected chi connectivity index (χ0v) is 19.3. The van der Waals surface area contributed by atoms with Crippen LogP contribution in [-0.2, 0) is 6.54 Å². The van der Waals surface area contributed by atoms with Crippen LogP contribution in [0.5, 0.6) is 5.75 Å². The maximum absolute atomic E-state index is 13.5. The largest absolute Gasteiger partial charge is 0.507 e. The Morgan fingerprint density at radius 3 is 2.67 bits per heavy atom. The van der Waals surface area contributed by atoms with Gasteiger partial charge in [-0.15, -0.1) is 0 Å². The van der Waals surface area contributed by atoms with E-state index in [1.807, 2.05) is 6.07 Å². The molecule has 1 fully saturated rings. The lowest BCUT2D eigenvalue weighted by molar-refractivity contribution is 0.0988. The van der Waals surface area contributed by atoms with Crippen LogP contribution >= 0.6 is 0 Å². The number of nitrogens with one attached hydrogen (secondary N) is 2. The molecule has 1 aliphatic rings. The number of hydrogen-bond donors (Lipinski definition) is 3. The number of halogens is 1. The molecule has 0 saturated heterocycles. The third-order valence-electron chi connectivity index (χ3n) is 6.23.